The minimum Gasteiger partial charge on any atom is -0.433 e. The average molecular weight is 407 g/mol. The van der Waals surface area contributed by atoms with Crippen molar-refractivity contribution in [3.8, 4) is 0 Å². The molecule has 1 heterocycles. The highest BCUT2D eigenvalue weighted by Crippen LogP contribution is 2.44. The molecule has 0 N–H and O–H groups in total. The lowest BCUT2D eigenvalue weighted by atomic mass is 9.46. The molecule has 0 spiro atoms. The van der Waals surface area contributed by atoms with E-state index in [0.29, 0.717) is 0 Å². The fourth-order valence-electron chi connectivity index (χ4n) is 4.17. The Kier molecular flexibility index (Phi) is 6.45. The molecule has 154 valence electrons. The number of alkyl halides is 6. The number of carbonyl (C=O) groups is 1. The fourth-order valence-corrected chi connectivity index (χ4v) is 4.17. The van der Waals surface area contributed by atoms with Crippen molar-refractivity contribution < 1.29 is 35.9 Å². The van der Waals surface area contributed by atoms with Crippen molar-refractivity contribution in [1.82, 2.24) is 9.80 Å². The number of carbonyl (C=O) groups excluding carboxylic acids is 1. The largest absolute Gasteiger partial charge is 0.433 e. The van der Waals surface area contributed by atoms with Crippen LogP contribution >= 0.6 is 0 Å². The normalized spacial score (nSPS) is 27.5. The second-order valence-corrected chi connectivity index (χ2v) is 9.16. The van der Waals surface area contributed by atoms with Gasteiger partial charge in [0.2, 0.25) is 0 Å². The lowest BCUT2D eigenvalue weighted by molar-refractivity contribution is -0.331. The van der Waals surface area contributed by atoms with Crippen LogP contribution in [0.3, 0.4) is 0 Å². The number of piperazine rings is 1. The molecule has 0 saturated carbocycles. The van der Waals surface area contributed by atoms with Crippen molar-refractivity contribution in [1.29, 1.82) is 0 Å². The van der Waals surface area contributed by atoms with Crippen LogP contribution < -0.4 is 0 Å². The predicted octanol–water partition coefficient (Wildman–Crippen LogP) is -3.21. The first kappa shape index (κ1) is 25.2. The zero-order valence-corrected chi connectivity index (χ0v) is 17.7. The number of hydrogen-bond donors (Lipinski definition) is 0. The van der Waals surface area contributed by atoms with Gasteiger partial charge < -0.3 is 14.5 Å². The van der Waals surface area contributed by atoms with Gasteiger partial charge in [-0.2, -0.15) is 26.3 Å². The Hall–Kier alpha value is -0.800. The van der Waals surface area contributed by atoms with Crippen LogP contribution in [-0.2, 0) is 4.74 Å². The summed E-state index contributed by atoms with van der Waals surface area (Å²) in [4.78, 5) is 15.7. The van der Waals surface area contributed by atoms with Crippen LogP contribution in [0.25, 0.3) is 0 Å². The van der Waals surface area contributed by atoms with Crippen LogP contribution in [0, 0.1) is 0 Å². The summed E-state index contributed by atoms with van der Waals surface area (Å²) in [6.45, 7) is 5.88. The van der Waals surface area contributed by atoms with Gasteiger partial charge >= 0.3 is 18.4 Å². The first-order valence-electron chi connectivity index (χ1n) is 9.05. The Morgan fingerprint density at radius 3 is 1.64 bits per heavy atom. The summed E-state index contributed by atoms with van der Waals surface area (Å²) < 4.78 is 83.0. The van der Waals surface area contributed by atoms with Crippen molar-refractivity contribution in [2.24, 2.45) is 0 Å². The number of halogens is 6. The maximum absolute atomic E-state index is 13.1. The molecule has 1 saturated heterocycles. The predicted molar refractivity (Wildman–Crippen MR) is 110 cm³/mol. The second-order valence-electron chi connectivity index (χ2n) is 9.16. The lowest BCUT2D eigenvalue weighted by Crippen LogP contribution is -2.80. The van der Waals surface area contributed by atoms with Crippen LogP contribution in [0.15, 0.2) is 0 Å². The van der Waals surface area contributed by atoms with Gasteiger partial charge in [-0.1, -0.05) is 0 Å². The monoisotopic (exact) mass is 408 g/mol. The molecule has 0 bridgehead atoms. The topological polar surface area (TPSA) is 32.8 Å². The summed E-state index contributed by atoms with van der Waals surface area (Å²) in [6.07, 6.45) is -13.2. The third-order valence-corrected chi connectivity index (χ3v) is 5.91. The zero-order chi connectivity index (χ0) is 22.7. The van der Waals surface area contributed by atoms with E-state index >= 15 is 0 Å². The molecule has 1 rings (SSSR count). The van der Waals surface area contributed by atoms with Gasteiger partial charge in [-0.15, -0.1) is 0 Å². The Bertz CT molecular complexity index is 597. The number of rotatable bonds is 1. The van der Waals surface area contributed by atoms with E-state index in [-0.39, 0.29) is 19.3 Å². The quantitative estimate of drug-likeness (QED) is 0.339. The number of amides is 1. The van der Waals surface area contributed by atoms with Crippen molar-refractivity contribution in [2.45, 2.75) is 67.3 Å². The molecule has 4 nitrogen and oxygen atoms in total. The molecule has 1 aliphatic rings. The first-order chi connectivity index (χ1) is 12.1. The highest BCUT2D eigenvalue weighted by molar-refractivity contribution is 6.45. The Labute approximate surface area is 166 Å². The van der Waals surface area contributed by atoms with E-state index in [2.05, 4.69) is 9.64 Å². The summed E-state index contributed by atoms with van der Waals surface area (Å²) in [5.74, 6) is -1.70. The fraction of sp³-hybridized carbons (Fsp3) is 0.917. The molecule has 0 aliphatic carbocycles. The maximum atomic E-state index is 13.1. The van der Waals surface area contributed by atoms with E-state index in [0.717, 1.165) is 4.90 Å². The molecule has 28 heavy (non-hydrogen) atoms. The zero-order valence-electron chi connectivity index (χ0n) is 17.7. The Morgan fingerprint density at radius 1 is 0.929 bits per heavy atom. The van der Waals surface area contributed by atoms with Crippen molar-refractivity contribution in [3.05, 3.63) is 0 Å². The van der Waals surface area contributed by atoms with Crippen LogP contribution in [-0.4, -0.2) is 110 Å². The van der Waals surface area contributed by atoms with Gasteiger partial charge in [0.1, 0.15) is 39.2 Å². The van der Waals surface area contributed by atoms with Crippen LogP contribution in [0.1, 0.15) is 20.8 Å². The van der Waals surface area contributed by atoms with E-state index in [1.165, 1.54) is 0 Å². The second kappa shape index (κ2) is 7.16. The molecule has 1 amide bonds. The Morgan fingerprint density at radius 2 is 1.32 bits per heavy atom. The van der Waals surface area contributed by atoms with Crippen LogP contribution in [0.4, 0.5) is 31.1 Å². The van der Waals surface area contributed by atoms with Gasteiger partial charge in [0.05, 0.1) is 0 Å². The summed E-state index contributed by atoms with van der Waals surface area (Å²) in [5.41, 5.74) is -4.93. The molecule has 3 unspecified atom stereocenters. The standard InChI is InChI=1S/C12H24B6F6N2O2/c1-8(2,3)26-5(14)4(13)25(6(15)9(26,16)17)7(27)28-10(18,11(19,20)21)12(22,23)24/h4-6H,13-18H2,1-3H3. The van der Waals surface area contributed by atoms with Gasteiger partial charge in [-0.05, 0) is 32.1 Å². The molecule has 0 aromatic rings. The van der Waals surface area contributed by atoms with Crippen LogP contribution in [0.2, 0.25) is 0 Å². The molecule has 3 atom stereocenters. The minimum absolute atomic E-state index is 0.166. The molecular weight excluding hydrogens is 383 g/mol. The third-order valence-electron chi connectivity index (χ3n) is 5.91. The lowest BCUT2D eigenvalue weighted by Gasteiger charge is -2.63. The van der Waals surface area contributed by atoms with Crippen LogP contribution in [0.5, 0.6) is 0 Å². The molecule has 1 fully saturated rings. The van der Waals surface area contributed by atoms with E-state index < -0.39 is 41.2 Å². The smallest absolute Gasteiger partial charge is 0.428 e. The number of hydrogen-bond acceptors (Lipinski definition) is 3. The van der Waals surface area contributed by atoms with Crippen molar-refractivity contribution in [2.75, 3.05) is 0 Å². The van der Waals surface area contributed by atoms with Gasteiger partial charge in [-0.25, -0.2) is 4.79 Å². The molecule has 0 aromatic carbocycles. The summed E-state index contributed by atoms with van der Waals surface area (Å²) >= 11 is 0. The number of nitrogens with zero attached hydrogens (tertiary/aromatic N) is 2. The van der Waals surface area contributed by atoms with E-state index in [1.54, 1.807) is 39.2 Å². The molecule has 16 heteroatoms. The first-order valence-corrected chi connectivity index (χ1v) is 9.05. The highest BCUT2D eigenvalue weighted by Gasteiger charge is 2.71. The van der Waals surface area contributed by atoms with E-state index in [1.807, 2.05) is 20.8 Å². The maximum Gasteiger partial charge on any atom is 0.428 e. The highest BCUT2D eigenvalue weighted by atomic mass is 19.4. The van der Waals surface area contributed by atoms with E-state index in [9.17, 15) is 31.1 Å². The summed E-state index contributed by atoms with van der Waals surface area (Å²) in [5, 5.41) is -0.726. The third kappa shape index (κ3) is 4.07. The van der Waals surface area contributed by atoms with Gasteiger partial charge in [0.15, 0.2) is 7.85 Å². The van der Waals surface area contributed by atoms with Crippen molar-refractivity contribution >= 4 is 53.2 Å². The number of ether oxygens (including phenoxy) is 1. The van der Waals surface area contributed by atoms with Crippen molar-refractivity contribution in [3.63, 3.8) is 0 Å². The van der Waals surface area contributed by atoms with Gasteiger partial charge in [-0.3, -0.25) is 0 Å². The molecule has 0 aromatic heterocycles. The molecule has 0 radical (unpaired) electrons. The SMILES string of the molecule is BC1C(B)N(C(C)(C)C)C(B)(B)C(B)N1C(=O)OC(B)(C(F)(F)F)C(F)(F)F. The molecule has 1 aliphatic heterocycles. The molecular formula is C12H24B6F6N2O2. The van der Waals surface area contributed by atoms with Gasteiger partial charge in [0.25, 0.3) is 5.50 Å². The Balaban J connectivity index is 3.35. The summed E-state index contributed by atoms with van der Waals surface area (Å²) in [6, 6.07) is 0. The van der Waals surface area contributed by atoms with E-state index in [4.69, 9.17) is 0 Å². The minimum atomic E-state index is -5.80. The van der Waals surface area contributed by atoms with Gasteiger partial charge in [0, 0.05) is 17.4 Å². The average Bonchev–Trinajstić information content (AvgIpc) is 2.41. The summed E-state index contributed by atoms with van der Waals surface area (Å²) in [7, 11) is 8.42.